The molecule has 1 atom stereocenters. The van der Waals surface area contributed by atoms with E-state index in [2.05, 4.69) is 32.0 Å². The molecule has 1 heteroatoms. The Balaban J connectivity index is 1.56. The van der Waals surface area contributed by atoms with Crippen LogP contribution in [0.4, 0.5) is 0 Å². The van der Waals surface area contributed by atoms with Crippen molar-refractivity contribution >= 4 is 0 Å². The van der Waals surface area contributed by atoms with E-state index in [0.717, 1.165) is 24.2 Å². The molecule has 0 saturated heterocycles. The summed E-state index contributed by atoms with van der Waals surface area (Å²) in [6, 6.07) is 7.46. The molecule has 1 nitrogen and oxygen atoms in total. The van der Waals surface area contributed by atoms with Crippen LogP contribution in [-0.2, 0) is 19.3 Å². The second-order valence-corrected chi connectivity index (χ2v) is 7.74. The summed E-state index contributed by atoms with van der Waals surface area (Å²) in [5, 5.41) is 0. The van der Waals surface area contributed by atoms with E-state index in [9.17, 15) is 0 Å². The summed E-state index contributed by atoms with van der Waals surface area (Å²) in [6.45, 7) is 4.74. The summed E-state index contributed by atoms with van der Waals surface area (Å²) in [4.78, 5) is 0. The molecule has 1 unspecified atom stereocenters. The normalized spacial score (nSPS) is 26.9. The molecular weight excluding hydrogens is 254 g/mol. The van der Waals surface area contributed by atoms with Crippen LogP contribution < -0.4 is 5.73 Å². The Morgan fingerprint density at radius 1 is 1.00 bits per heavy atom. The number of hydrogen-bond donors (Lipinski definition) is 1. The molecule has 2 aliphatic carbocycles. The van der Waals surface area contributed by atoms with E-state index in [1.54, 1.807) is 11.1 Å². The zero-order valence-corrected chi connectivity index (χ0v) is 13.8. The van der Waals surface area contributed by atoms with Gasteiger partial charge in [0.2, 0.25) is 0 Å². The molecule has 0 amide bonds. The Morgan fingerprint density at radius 3 is 2.38 bits per heavy atom. The molecular formula is C20H31N. The van der Waals surface area contributed by atoms with E-state index in [0.29, 0.717) is 6.04 Å². The molecule has 0 heterocycles. The first-order valence-corrected chi connectivity index (χ1v) is 8.99. The van der Waals surface area contributed by atoms with E-state index < -0.39 is 0 Å². The number of nitrogens with two attached hydrogens (primary N) is 1. The van der Waals surface area contributed by atoms with Crippen LogP contribution >= 0.6 is 0 Å². The Labute approximate surface area is 130 Å². The van der Waals surface area contributed by atoms with Gasteiger partial charge in [0.15, 0.2) is 0 Å². The van der Waals surface area contributed by atoms with Crippen molar-refractivity contribution in [1.82, 2.24) is 0 Å². The fraction of sp³-hybridized carbons (Fsp3) is 0.700. The third-order valence-electron chi connectivity index (χ3n) is 6.00. The highest BCUT2D eigenvalue weighted by molar-refractivity contribution is 5.35. The van der Waals surface area contributed by atoms with Crippen LogP contribution in [0.3, 0.4) is 0 Å². The van der Waals surface area contributed by atoms with Crippen LogP contribution in [0.15, 0.2) is 18.2 Å². The number of hydrogen-bond acceptors (Lipinski definition) is 1. The maximum absolute atomic E-state index is 6.55. The van der Waals surface area contributed by atoms with E-state index in [1.807, 2.05) is 0 Å². The van der Waals surface area contributed by atoms with Gasteiger partial charge in [-0.3, -0.25) is 0 Å². The van der Waals surface area contributed by atoms with Crippen molar-refractivity contribution in [2.45, 2.75) is 71.3 Å². The Kier molecular flexibility index (Phi) is 4.69. The second-order valence-electron chi connectivity index (χ2n) is 7.74. The molecule has 1 aromatic carbocycles. The van der Waals surface area contributed by atoms with Crippen LogP contribution in [0.5, 0.6) is 0 Å². The average Bonchev–Trinajstić information content (AvgIpc) is 2.95. The molecule has 0 spiro atoms. The highest BCUT2D eigenvalue weighted by Gasteiger charge is 2.27. The summed E-state index contributed by atoms with van der Waals surface area (Å²) in [5.74, 6) is 2.53. The summed E-state index contributed by atoms with van der Waals surface area (Å²) < 4.78 is 0. The van der Waals surface area contributed by atoms with Crippen molar-refractivity contribution in [3.8, 4) is 0 Å². The van der Waals surface area contributed by atoms with Gasteiger partial charge in [-0.05, 0) is 85.8 Å². The maximum Gasteiger partial charge on any atom is 0.0108 e. The topological polar surface area (TPSA) is 26.0 Å². The van der Waals surface area contributed by atoms with Crippen molar-refractivity contribution in [2.24, 2.45) is 23.5 Å². The third-order valence-corrected chi connectivity index (χ3v) is 6.00. The van der Waals surface area contributed by atoms with Crippen molar-refractivity contribution in [2.75, 3.05) is 0 Å². The highest BCUT2D eigenvalue weighted by atomic mass is 14.7. The standard InChI is InChI=1S/C20H31N/c1-14(2)16-8-10-18(11-9-16)20(21)13-15-6-7-17-4-3-5-19(17)12-15/h6-7,12,14,16,18,20H,3-5,8-11,13,21H2,1-2H3. The summed E-state index contributed by atoms with van der Waals surface area (Å²) in [6.07, 6.45) is 10.4. The monoisotopic (exact) mass is 285 g/mol. The lowest BCUT2D eigenvalue weighted by atomic mass is 9.74. The Morgan fingerprint density at radius 2 is 1.67 bits per heavy atom. The molecule has 0 aliphatic heterocycles. The summed E-state index contributed by atoms with van der Waals surface area (Å²) >= 11 is 0. The summed E-state index contributed by atoms with van der Waals surface area (Å²) in [7, 11) is 0. The van der Waals surface area contributed by atoms with Crippen LogP contribution in [0.25, 0.3) is 0 Å². The lowest BCUT2D eigenvalue weighted by Crippen LogP contribution is -2.35. The first-order valence-electron chi connectivity index (χ1n) is 8.99. The van der Waals surface area contributed by atoms with E-state index in [1.165, 1.54) is 50.5 Å². The van der Waals surface area contributed by atoms with Gasteiger partial charge in [-0.15, -0.1) is 0 Å². The van der Waals surface area contributed by atoms with Gasteiger partial charge in [0.25, 0.3) is 0 Å². The van der Waals surface area contributed by atoms with Gasteiger partial charge in [0.05, 0.1) is 0 Å². The van der Waals surface area contributed by atoms with Gasteiger partial charge in [0.1, 0.15) is 0 Å². The van der Waals surface area contributed by atoms with Crippen molar-refractivity contribution < 1.29 is 0 Å². The van der Waals surface area contributed by atoms with Gasteiger partial charge in [-0.25, -0.2) is 0 Å². The molecule has 3 rings (SSSR count). The number of fused-ring (bicyclic) bond motifs is 1. The highest BCUT2D eigenvalue weighted by Crippen LogP contribution is 2.35. The van der Waals surface area contributed by atoms with Crippen molar-refractivity contribution in [1.29, 1.82) is 0 Å². The SMILES string of the molecule is CC(C)C1CCC(C(N)Cc2ccc3c(c2)CCC3)CC1. The summed E-state index contributed by atoms with van der Waals surface area (Å²) in [5.41, 5.74) is 11.2. The van der Waals surface area contributed by atoms with Crippen LogP contribution in [-0.4, -0.2) is 6.04 Å². The first-order chi connectivity index (χ1) is 10.1. The van der Waals surface area contributed by atoms with Gasteiger partial charge < -0.3 is 5.73 Å². The number of rotatable bonds is 4. The third kappa shape index (κ3) is 3.51. The quantitative estimate of drug-likeness (QED) is 0.865. The van der Waals surface area contributed by atoms with Gasteiger partial charge in [-0.1, -0.05) is 32.0 Å². The largest absolute Gasteiger partial charge is 0.327 e. The van der Waals surface area contributed by atoms with E-state index >= 15 is 0 Å². The zero-order chi connectivity index (χ0) is 14.8. The molecule has 0 bridgehead atoms. The minimum absolute atomic E-state index is 0.359. The lowest BCUT2D eigenvalue weighted by Gasteiger charge is -2.34. The first kappa shape index (κ1) is 15.1. The van der Waals surface area contributed by atoms with E-state index in [4.69, 9.17) is 5.73 Å². The second kappa shape index (κ2) is 6.52. The number of aryl methyl sites for hydroxylation is 2. The van der Waals surface area contributed by atoms with Crippen molar-refractivity contribution in [3.05, 3.63) is 34.9 Å². The lowest BCUT2D eigenvalue weighted by molar-refractivity contribution is 0.202. The molecule has 0 radical (unpaired) electrons. The van der Waals surface area contributed by atoms with Crippen molar-refractivity contribution in [3.63, 3.8) is 0 Å². The molecule has 116 valence electrons. The zero-order valence-electron chi connectivity index (χ0n) is 13.8. The van der Waals surface area contributed by atoms with Gasteiger partial charge in [-0.2, -0.15) is 0 Å². The Hall–Kier alpha value is -0.820. The molecule has 2 N–H and O–H groups in total. The molecule has 21 heavy (non-hydrogen) atoms. The predicted octanol–water partition coefficient (Wildman–Crippen LogP) is 4.51. The van der Waals surface area contributed by atoms with Gasteiger partial charge >= 0.3 is 0 Å². The molecule has 2 aliphatic rings. The van der Waals surface area contributed by atoms with Crippen LogP contribution in [0, 0.1) is 17.8 Å². The molecule has 0 aromatic heterocycles. The maximum atomic E-state index is 6.55. The minimum Gasteiger partial charge on any atom is -0.327 e. The molecule has 1 saturated carbocycles. The molecule has 1 fully saturated rings. The fourth-order valence-electron chi connectivity index (χ4n) is 4.43. The molecule has 1 aromatic rings. The Bertz CT molecular complexity index is 469. The van der Waals surface area contributed by atoms with Crippen LogP contribution in [0.2, 0.25) is 0 Å². The van der Waals surface area contributed by atoms with Gasteiger partial charge in [0, 0.05) is 6.04 Å². The predicted molar refractivity (Wildman–Crippen MR) is 90.4 cm³/mol. The smallest absolute Gasteiger partial charge is 0.0108 e. The average molecular weight is 285 g/mol. The minimum atomic E-state index is 0.359. The van der Waals surface area contributed by atoms with E-state index in [-0.39, 0.29) is 0 Å². The fourth-order valence-corrected chi connectivity index (χ4v) is 4.43. The number of benzene rings is 1. The van der Waals surface area contributed by atoms with Crippen LogP contribution in [0.1, 0.15) is 62.6 Å².